The second-order valence-electron chi connectivity index (χ2n) is 4.16. The Labute approximate surface area is 101 Å². The number of methoxy groups -OCH3 is 1. The van der Waals surface area contributed by atoms with Crippen LogP contribution in [-0.4, -0.2) is 30.8 Å². The van der Waals surface area contributed by atoms with Crippen LogP contribution >= 0.6 is 0 Å². The second-order valence-corrected chi connectivity index (χ2v) is 4.16. The van der Waals surface area contributed by atoms with Gasteiger partial charge in [-0.3, -0.25) is 0 Å². The number of aliphatic carboxylic acids is 1. The molecule has 0 aliphatic carbocycles. The maximum atomic E-state index is 11.2. The van der Waals surface area contributed by atoms with Gasteiger partial charge in [-0.2, -0.15) is 0 Å². The summed E-state index contributed by atoms with van der Waals surface area (Å²) in [7, 11) is 1.65. The van der Waals surface area contributed by atoms with Gasteiger partial charge in [0.1, 0.15) is 11.8 Å². The fraction of sp³-hybridized carbons (Fsp3) is 0.462. The standard InChI is InChI=1S/C13H17NO3/c1-3-10(13(15)16)14-8-7-9-11(14)5-4-6-12(9)17-2/h4-6,10H,3,7-8H2,1-2H3,(H,15,16)/t10-/m1/s1. The average molecular weight is 235 g/mol. The molecule has 17 heavy (non-hydrogen) atoms. The number of fused-ring (bicyclic) bond motifs is 1. The summed E-state index contributed by atoms with van der Waals surface area (Å²) >= 11 is 0. The summed E-state index contributed by atoms with van der Waals surface area (Å²) in [5.74, 6) is 0.0911. The van der Waals surface area contributed by atoms with Crippen molar-refractivity contribution in [3.8, 4) is 5.75 Å². The fourth-order valence-electron chi connectivity index (χ4n) is 2.47. The van der Waals surface area contributed by atoms with E-state index >= 15 is 0 Å². The van der Waals surface area contributed by atoms with Crippen LogP contribution in [0.2, 0.25) is 0 Å². The number of anilines is 1. The largest absolute Gasteiger partial charge is 0.496 e. The molecule has 4 heteroatoms. The van der Waals surface area contributed by atoms with Crippen LogP contribution in [0.1, 0.15) is 18.9 Å². The molecule has 0 saturated carbocycles. The van der Waals surface area contributed by atoms with Gasteiger partial charge >= 0.3 is 5.97 Å². The van der Waals surface area contributed by atoms with Crippen LogP contribution in [0.5, 0.6) is 5.75 Å². The molecule has 1 aliphatic heterocycles. The van der Waals surface area contributed by atoms with Crippen LogP contribution in [0.25, 0.3) is 0 Å². The van der Waals surface area contributed by atoms with Crippen LogP contribution in [0, 0.1) is 0 Å². The van der Waals surface area contributed by atoms with Crippen molar-refractivity contribution in [1.29, 1.82) is 0 Å². The first-order valence-corrected chi connectivity index (χ1v) is 5.84. The Bertz CT molecular complexity index is 431. The number of hydrogen-bond donors (Lipinski definition) is 1. The number of carboxylic acids is 1. The highest BCUT2D eigenvalue weighted by Crippen LogP contribution is 2.36. The lowest BCUT2D eigenvalue weighted by Gasteiger charge is -2.26. The van der Waals surface area contributed by atoms with Gasteiger partial charge in [-0.25, -0.2) is 4.79 Å². The maximum absolute atomic E-state index is 11.2. The lowest BCUT2D eigenvalue weighted by atomic mass is 10.1. The molecule has 0 unspecified atom stereocenters. The topological polar surface area (TPSA) is 49.8 Å². The smallest absolute Gasteiger partial charge is 0.326 e. The molecule has 0 bridgehead atoms. The molecule has 0 amide bonds. The van der Waals surface area contributed by atoms with Crippen molar-refractivity contribution in [2.45, 2.75) is 25.8 Å². The van der Waals surface area contributed by atoms with E-state index < -0.39 is 12.0 Å². The second kappa shape index (κ2) is 4.65. The van der Waals surface area contributed by atoms with Crippen LogP contribution in [0.3, 0.4) is 0 Å². The Morgan fingerprint density at radius 3 is 2.94 bits per heavy atom. The van der Waals surface area contributed by atoms with E-state index in [1.54, 1.807) is 7.11 Å². The summed E-state index contributed by atoms with van der Waals surface area (Å²) in [4.78, 5) is 13.2. The van der Waals surface area contributed by atoms with Gasteiger partial charge in [0.15, 0.2) is 0 Å². The minimum absolute atomic E-state index is 0.441. The van der Waals surface area contributed by atoms with Gasteiger partial charge in [0, 0.05) is 17.8 Å². The van der Waals surface area contributed by atoms with Gasteiger partial charge in [-0.1, -0.05) is 13.0 Å². The molecule has 0 fully saturated rings. The van der Waals surface area contributed by atoms with Crippen molar-refractivity contribution < 1.29 is 14.6 Å². The SMILES string of the molecule is CC[C@H](C(=O)O)N1CCc2c(OC)cccc21. The first-order valence-electron chi connectivity index (χ1n) is 5.84. The Balaban J connectivity index is 2.36. The Morgan fingerprint density at radius 2 is 2.35 bits per heavy atom. The molecule has 1 aromatic rings. The number of rotatable bonds is 4. The summed E-state index contributed by atoms with van der Waals surface area (Å²) < 4.78 is 5.31. The van der Waals surface area contributed by atoms with E-state index in [-0.39, 0.29) is 0 Å². The first kappa shape index (κ1) is 11.8. The molecule has 4 nitrogen and oxygen atoms in total. The molecule has 0 aromatic heterocycles. The van der Waals surface area contributed by atoms with E-state index in [1.165, 1.54) is 0 Å². The van der Waals surface area contributed by atoms with Crippen molar-refractivity contribution in [1.82, 2.24) is 0 Å². The predicted molar refractivity (Wildman–Crippen MR) is 65.8 cm³/mol. The summed E-state index contributed by atoms with van der Waals surface area (Å²) in [5, 5.41) is 9.21. The molecule has 0 spiro atoms. The molecule has 92 valence electrons. The molecule has 0 saturated heterocycles. The molecule has 1 aliphatic rings. The quantitative estimate of drug-likeness (QED) is 0.866. The number of ether oxygens (including phenoxy) is 1. The summed E-state index contributed by atoms with van der Waals surface area (Å²) in [6, 6.07) is 5.36. The average Bonchev–Trinajstić information content (AvgIpc) is 2.73. The van der Waals surface area contributed by atoms with Gasteiger partial charge < -0.3 is 14.7 Å². The first-order chi connectivity index (χ1) is 8.19. The molecule has 1 heterocycles. The molecule has 1 aromatic carbocycles. The zero-order chi connectivity index (χ0) is 12.4. The maximum Gasteiger partial charge on any atom is 0.326 e. The van der Waals surface area contributed by atoms with E-state index in [0.29, 0.717) is 6.42 Å². The highest BCUT2D eigenvalue weighted by molar-refractivity contribution is 5.80. The molecule has 1 N–H and O–H groups in total. The van der Waals surface area contributed by atoms with Crippen molar-refractivity contribution in [3.05, 3.63) is 23.8 Å². The van der Waals surface area contributed by atoms with E-state index in [4.69, 9.17) is 4.74 Å². The molecule has 2 rings (SSSR count). The Kier molecular flexibility index (Phi) is 3.22. The van der Waals surface area contributed by atoms with Crippen LogP contribution in [0.4, 0.5) is 5.69 Å². The third kappa shape index (κ3) is 1.95. The Hall–Kier alpha value is -1.71. The summed E-state index contributed by atoms with van der Waals surface area (Å²) in [6.45, 7) is 2.65. The molecular weight excluding hydrogens is 218 g/mol. The normalized spacial score (nSPS) is 15.5. The van der Waals surface area contributed by atoms with Gasteiger partial charge in [0.05, 0.1) is 7.11 Å². The summed E-state index contributed by atoms with van der Waals surface area (Å²) in [5.41, 5.74) is 2.12. The lowest BCUT2D eigenvalue weighted by Crippen LogP contribution is -2.39. The monoisotopic (exact) mass is 235 g/mol. The van der Waals surface area contributed by atoms with Crippen LogP contribution in [-0.2, 0) is 11.2 Å². The van der Waals surface area contributed by atoms with Gasteiger partial charge in [-0.15, -0.1) is 0 Å². The van der Waals surface area contributed by atoms with Gasteiger partial charge in [-0.05, 0) is 25.0 Å². The highest BCUT2D eigenvalue weighted by Gasteiger charge is 2.30. The molecule has 0 radical (unpaired) electrons. The number of carbonyl (C=O) groups is 1. The van der Waals surface area contributed by atoms with Crippen LogP contribution in [0.15, 0.2) is 18.2 Å². The zero-order valence-electron chi connectivity index (χ0n) is 10.1. The van der Waals surface area contributed by atoms with Crippen molar-refractivity contribution in [2.24, 2.45) is 0 Å². The number of benzene rings is 1. The van der Waals surface area contributed by atoms with E-state index in [9.17, 15) is 9.90 Å². The van der Waals surface area contributed by atoms with E-state index in [2.05, 4.69) is 0 Å². The minimum Gasteiger partial charge on any atom is -0.496 e. The third-order valence-electron chi connectivity index (χ3n) is 3.29. The zero-order valence-corrected chi connectivity index (χ0v) is 10.1. The number of nitrogens with zero attached hydrogens (tertiary/aromatic N) is 1. The number of carboxylic acid groups (broad SMARTS) is 1. The highest BCUT2D eigenvalue weighted by atomic mass is 16.5. The lowest BCUT2D eigenvalue weighted by molar-refractivity contribution is -0.138. The summed E-state index contributed by atoms with van der Waals surface area (Å²) in [6.07, 6.45) is 1.45. The fourth-order valence-corrected chi connectivity index (χ4v) is 2.47. The van der Waals surface area contributed by atoms with Gasteiger partial charge in [0.2, 0.25) is 0 Å². The molecular formula is C13H17NO3. The van der Waals surface area contributed by atoms with Crippen LogP contribution < -0.4 is 9.64 Å². The van der Waals surface area contributed by atoms with E-state index in [0.717, 1.165) is 30.0 Å². The minimum atomic E-state index is -0.761. The van der Waals surface area contributed by atoms with Crippen molar-refractivity contribution in [2.75, 3.05) is 18.6 Å². The van der Waals surface area contributed by atoms with Crippen molar-refractivity contribution in [3.63, 3.8) is 0 Å². The third-order valence-corrected chi connectivity index (χ3v) is 3.29. The van der Waals surface area contributed by atoms with Crippen molar-refractivity contribution >= 4 is 11.7 Å². The Morgan fingerprint density at radius 1 is 1.59 bits per heavy atom. The number of hydrogen-bond acceptors (Lipinski definition) is 3. The van der Waals surface area contributed by atoms with Gasteiger partial charge in [0.25, 0.3) is 0 Å². The molecule has 1 atom stereocenters. The van der Waals surface area contributed by atoms with E-state index in [1.807, 2.05) is 30.0 Å². The predicted octanol–water partition coefficient (Wildman–Crippen LogP) is 1.92.